The lowest BCUT2D eigenvalue weighted by atomic mass is 10.1. The zero-order valence-electron chi connectivity index (χ0n) is 23.9. The van der Waals surface area contributed by atoms with Crippen LogP contribution in [0.2, 0.25) is 0 Å². The van der Waals surface area contributed by atoms with Gasteiger partial charge < -0.3 is 4.57 Å². The largest absolute Gasteiger partial charge is 0.309 e. The van der Waals surface area contributed by atoms with Gasteiger partial charge in [-0.1, -0.05) is 103 Å². The molecule has 0 atom stereocenters. The third-order valence-electron chi connectivity index (χ3n) is 8.81. The monoisotopic (exact) mass is 609 g/mol. The highest BCUT2D eigenvalue weighted by atomic mass is 32.1. The minimum Gasteiger partial charge on any atom is -0.309 e. The van der Waals surface area contributed by atoms with Crippen LogP contribution in [0, 0.1) is 0 Å². The second-order valence-electron chi connectivity index (χ2n) is 11.4. The van der Waals surface area contributed by atoms with Gasteiger partial charge in [0.05, 0.1) is 26.9 Å². The first-order chi connectivity index (χ1) is 22.3. The lowest BCUT2D eigenvalue weighted by Gasteiger charge is -2.09. The molecule has 0 aliphatic heterocycles. The fourth-order valence-corrected chi connectivity index (χ4v) is 9.11. The van der Waals surface area contributed by atoms with Gasteiger partial charge in [-0.2, -0.15) is 0 Å². The van der Waals surface area contributed by atoms with E-state index >= 15 is 0 Å². The minimum atomic E-state index is 0.750. The minimum absolute atomic E-state index is 0.750. The fourth-order valence-electron chi connectivity index (χ4n) is 6.81. The lowest BCUT2D eigenvalue weighted by molar-refractivity contribution is 1.19. The Labute approximate surface area is 266 Å². The third kappa shape index (κ3) is 3.69. The van der Waals surface area contributed by atoms with Crippen molar-refractivity contribution in [1.82, 2.24) is 14.5 Å². The number of fused-ring (bicyclic) bond motifs is 10. The van der Waals surface area contributed by atoms with Crippen LogP contribution in [0.4, 0.5) is 0 Å². The van der Waals surface area contributed by atoms with E-state index in [0.717, 1.165) is 43.9 Å². The molecule has 10 rings (SSSR count). The van der Waals surface area contributed by atoms with Gasteiger partial charge in [0.15, 0.2) is 5.82 Å². The van der Waals surface area contributed by atoms with Crippen molar-refractivity contribution in [1.29, 1.82) is 0 Å². The first-order valence-corrected chi connectivity index (χ1v) is 16.6. The highest BCUT2D eigenvalue weighted by molar-refractivity contribution is 7.26. The topological polar surface area (TPSA) is 30.7 Å². The molecule has 3 nitrogen and oxygen atoms in total. The van der Waals surface area contributed by atoms with Crippen LogP contribution in [-0.2, 0) is 0 Å². The average molecular weight is 610 g/mol. The normalized spacial score (nSPS) is 12.0. The molecule has 0 spiro atoms. The molecule has 6 aromatic carbocycles. The SMILES string of the molecule is c1ccc(-c2nc(-c3ccccc3)c3sc4cc(-n5c6ccccc6c6ccc7sc8ccccc8c7c65)ccc4c3n2)cc1. The van der Waals surface area contributed by atoms with Crippen LogP contribution in [-0.4, -0.2) is 14.5 Å². The summed E-state index contributed by atoms with van der Waals surface area (Å²) in [6.45, 7) is 0. The molecule has 0 bridgehead atoms. The van der Waals surface area contributed by atoms with Gasteiger partial charge in [0.1, 0.15) is 0 Å². The molecule has 5 heteroatoms. The lowest BCUT2D eigenvalue weighted by Crippen LogP contribution is -1.94. The zero-order valence-corrected chi connectivity index (χ0v) is 25.6. The van der Waals surface area contributed by atoms with Crippen molar-refractivity contribution in [3.05, 3.63) is 140 Å². The van der Waals surface area contributed by atoms with E-state index in [1.807, 2.05) is 29.5 Å². The summed E-state index contributed by atoms with van der Waals surface area (Å²) >= 11 is 3.65. The second-order valence-corrected chi connectivity index (χ2v) is 13.5. The number of rotatable bonds is 3. The van der Waals surface area contributed by atoms with Crippen molar-refractivity contribution in [2.24, 2.45) is 0 Å². The average Bonchev–Trinajstić information content (AvgIpc) is 3.77. The molecule has 0 saturated heterocycles. The van der Waals surface area contributed by atoms with E-state index in [1.54, 1.807) is 11.3 Å². The fraction of sp³-hybridized carbons (Fsp3) is 0. The Bertz CT molecular complexity index is 2750. The summed E-state index contributed by atoms with van der Waals surface area (Å²) in [4.78, 5) is 10.3. The van der Waals surface area contributed by atoms with E-state index in [4.69, 9.17) is 9.97 Å². The number of benzene rings is 6. The van der Waals surface area contributed by atoms with Crippen LogP contribution in [0.3, 0.4) is 0 Å². The van der Waals surface area contributed by atoms with Gasteiger partial charge in [-0.05, 0) is 36.4 Å². The van der Waals surface area contributed by atoms with Crippen LogP contribution < -0.4 is 0 Å². The van der Waals surface area contributed by atoms with Crippen molar-refractivity contribution >= 4 is 85.0 Å². The quantitative estimate of drug-likeness (QED) is 0.199. The van der Waals surface area contributed by atoms with E-state index in [1.165, 1.54) is 46.7 Å². The molecular formula is C40H23N3S2. The number of para-hydroxylation sites is 1. The second kappa shape index (κ2) is 9.57. The van der Waals surface area contributed by atoms with E-state index in [0.29, 0.717) is 0 Å². The number of hydrogen-bond donors (Lipinski definition) is 0. The summed E-state index contributed by atoms with van der Waals surface area (Å²) in [6, 6.07) is 49.8. The predicted octanol–water partition coefficient (Wildman–Crippen LogP) is 11.6. The maximum Gasteiger partial charge on any atom is 0.160 e. The molecule has 45 heavy (non-hydrogen) atoms. The zero-order chi connectivity index (χ0) is 29.5. The number of hydrogen-bond acceptors (Lipinski definition) is 4. The summed E-state index contributed by atoms with van der Waals surface area (Å²) < 4.78 is 7.41. The van der Waals surface area contributed by atoms with Gasteiger partial charge in [-0.3, -0.25) is 0 Å². The van der Waals surface area contributed by atoms with Gasteiger partial charge in [0.2, 0.25) is 0 Å². The smallest absolute Gasteiger partial charge is 0.160 e. The summed E-state index contributed by atoms with van der Waals surface area (Å²) in [5, 5.41) is 6.34. The maximum absolute atomic E-state index is 5.17. The van der Waals surface area contributed by atoms with E-state index in [9.17, 15) is 0 Å². The van der Waals surface area contributed by atoms with E-state index in [2.05, 4.69) is 126 Å². The molecule has 0 aliphatic rings. The highest BCUT2D eigenvalue weighted by Gasteiger charge is 2.20. The summed E-state index contributed by atoms with van der Waals surface area (Å²) in [5.74, 6) is 0.750. The third-order valence-corrected chi connectivity index (χ3v) is 11.1. The summed E-state index contributed by atoms with van der Waals surface area (Å²) in [5.41, 5.74) is 7.73. The maximum atomic E-state index is 5.17. The van der Waals surface area contributed by atoms with Crippen molar-refractivity contribution in [3.8, 4) is 28.3 Å². The molecule has 0 amide bonds. The van der Waals surface area contributed by atoms with Gasteiger partial charge in [-0.15, -0.1) is 22.7 Å². The van der Waals surface area contributed by atoms with Crippen molar-refractivity contribution in [2.45, 2.75) is 0 Å². The van der Waals surface area contributed by atoms with Crippen LogP contribution in [0.5, 0.6) is 0 Å². The molecule has 4 aromatic heterocycles. The molecule has 210 valence electrons. The Morgan fingerprint density at radius 1 is 0.489 bits per heavy atom. The Morgan fingerprint density at radius 2 is 1.20 bits per heavy atom. The Kier molecular flexibility index (Phi) is 5.32. The first kappa shape index (κ1) is 25.0. The molecule has 0 N–H and O–H groups in total. The van der Waals surface area contributed by atoms with Crippen LogP contribution >= 0.6 is 22.7 Å². The van der Waals surface area contributed by atoms with Crippen molar-refractivity contribution in [2.75, 3.05) is 0 Å². The molecule has 0 saturated carbocycles. The van der Waals surface area contributed by atoms with Crippen LogP contribution in [0.1, 0.15) is 0 Å². The predicted molar refractivity (Wildman–Crippen MR) is 193 cm³/mol. The standard InChI is InChI=1S/C40H23N3S2/c1-3-11-24(12-4-1)36-39-37(42-40(41-36)25-13-5-2-6-14-25)30-20-19-26(23-34(30)45-39)43-31-17-9-7-15-27(31)28-21-22-33-35(38(28)43)29-16-8-10-18-32(29)44-33/h1-23H. The van der Waals surface area contributed by atoms with Gasteiger partial charge >= 0.3 is 0 Å². The number of thiophene rings is 2. The number of nitrogens with zero attached hydrogens (tertiary/aromatic N) is 3. The van der Waals surface area contributed by atoms with Crippen LogP contribution in [0.15, 0.2) is 140 Å². The van der Waals surface area contributed by atoms with Crippen molar-refractivity contribution in [3.63, 3.8) is 0 Å². The van der Waals surface area contributed by atoms with Crippen molar-refractivity contribution < 1.29 is 0 Å². The van der Waals surface area contributed by atoms with Gasteiger partial charge in [0, 0.05) is 57.8 Å². The number of aromatic nitrogens is 3. The van der Waals surface area contributed by atoms with Gasteiger partial charge in [0.25, 0.3) is 0 Å². The highest BCUT2D eigenvalue weighted by Crippen LogP contribution is 2.44. The Balaban J connectivity index is 1.29. The first-order valence-electron chi connectivity index (χ1n) is 15.0. The molecule has 0 unspecified atom stereocenters. The molecule has 0 fully saturated rings. The molecule has 0 aliphatic carbocycles. The molecule has 10 aromatic rings. The Morgan fingerprint density at radius 3 is 2.04 bits per heavy atom. The molecular weight excluding hydrogens is 587 g/mol. The molecule has 0 radical (unpaired) electrons. The van der Waals surface area contributed by atoms with Gasteiger partial charge in [-0.25, -0.2) is 9.97 Å². The summed E-state index contributed by atoms with van der Waals surface area (Å²) in [7, 11) is 0. The Hall–Kier alpha value is -5.36. The molecule has 4 heterocycles. The summed E-state index contributed by atoms with van der Waals surface area (Å²) in [6.07, 6.45) is 0. The van der Waals surface area contributed by atoms with E-state index < -0.39 is 0 Å². The van der Waals surface area contributed by atoms with Crippen LogP contribution in [0.25, 0.3) is 90.6 Å². The van der Waals surface area contributed by atoms with E-state index in [-0.39, 0.29) is 0 Å².